The number of ether oxygens (including phenoxy) is 2. The first-order valence-corrected chi connectivity index (χ1v) is 4.50. The van der Waals surface area contributed by atoms with Crippen LogP contribution in [0.15, 0.2) is 16.9 Å². The number of aromatic nitrogens is 1. The maximum atomic E-state index is 8.57. The molecule has 1 aromatic heterocycles. The molecule has 1 aromatic rings. The molecule has 0 bridgehead atoms. The molecule has 0 aliphatic carbocycles. The lowest BCUT2D eigenvalue weighted by molar-refractivity contribution is 0.196. The molecule has 1 N–H and O–H groups in total. The first kappa shape index (κ1) is 10.3. The quantitative estimate of drug-likeness (QED) is 0.814. The molecular formula is C8H10BrNO3. The predicted octanol–water partition coefficient (Wildman–Crippen LogP) is 1.22. The molecule has 0 spiro atoms. The van der Waals surface area contributed by atoms with Gasteiger partial charge in [-0.25, -0.2) is 4.98 Å². The zero-order chi connectivity index (χ0) is 9.68. The Morgan fingerprint density at radius 3 is 2.92 bits per heavy atom. The lowest BCUT2D eigenvalue weighted by Gasteiger charge is -2.08. The Kier molecular flexibility index (Phi) is 3.98. The second-order valence-corrected chi connectivity index (χ2v) is 3.04. The fourth-order valence-corrected chi connectivity index (χ4v) is 1.13. The highest BCUT2D eigenvalue weighted by Gasteiger charge is 2.04. The molecule has 5 heteroatoms. The summed E-state index contributed by atoms with van der Waals surface area (Å²) in [6, 6.07) is 1.69. The van der Waals surface area contributed by atoms with Crippen LogP contribution < -0.4 is 9.47 Å². The average molecular weight is 248 g/mol. The molecule has 0 atom stereocenters. The molecule has 0 saturated heterocycles. The fourth-order valence-electron chi connectivity index (χ4n) is 0.822. The lowest BCUT2D eigenvalue weighted by atomic mass is 10.4. The van der Waals surface area contributed by atoms with E-state index in [1.165, 1.54) is 7.11 Å². The van der Waals surface area contributed by atoms with E-state index in [-0.39, 0.29) is 13.2 Å². The summed E-state index contributed by atoms with van der Waals surface area (Å²) in [5.74, 6) is 1.12. The van der Waals surface area contributed by atoms with E-state index in [4.69, 9.17) is 14.6 Å². The van der Waals surface area contributed by atoms with Gasteiger partial charge in [-0.1, -0.05) is 0 Å². The molecule has 0 aromatic carbocycles. The van der Waals surface area contributed by atoms with Gasteiger partial charge in [-0.05, 0) is 15.9 Å². The number of nitrogens with zero attached hydrogens (tertiary/aromatic N) is 1. The standard InChI is InChI=1S/C8H10BrNO3/c1-12-7-5-10-8(9)4-6(7)13-3-2-11/h4-5,11H,2-3H2,1H3. The molecule has 0 fully saturated rings. The van der Waals surface area contributed by atoms with Gasteiger partial charge >= 0.3 is 0 Å². The van der Waals surface area contributed by atoms with E-state index in [1.807, 2.05) is 0 Å². The van der Waals surface area contributed by atoms with Gasteiger partial charge in [-0.2, -0.15) is 0 Å². The van der Waals surface area contributed by atoms with Gasteiger partial charge < -0.3 is 14.6 Å². The summed E-state index contributed by atoms with van der Waals surface area (Å²) in [7, 11) is 1.54. The largest absolute Gasteiger partial charge is 0.491 e. The molecular weight excluding hydrogens is 238 g/mol. The molecule has 1 heterocycles. The van der Waals surface area contributed by atoms with E-state index in [9.17, 15) is 0 Å². The zero-order valence-corrected chi connectivity index (χ0v) is 8.74. The van der Waals surface area contributed by atoms with Crippen molar-refractivity contribution in [2.24, 2.45) is 0 Å². The molecule has 0 amide bonds. The van der Waals surface area contributed by atoms with Crippen LogP contribution in [0.3, 0.4) is 0 Å². The van der Waals surface area contributed by atoms with Crippen molar-refractivity contribution in [3.05, 3.63) is 16.9 Å². The molecule has 1 rings (SSSR count). The monoisotopic (exact) mass is 247 g/mol. The number of hydrogen-bond acceptors (Lipinski definition) is 4. The first-order chi connectivity index (χ1) is 6.27. The Morgan fingerprint density at radius 2 is 2.31 bits per heavy atom. The van der Waals surface area contributed by atoms with Crippen LogP contribution in [-0.4, -0.2) is 30.4 Å². The van der Waals surface area contributed by atoms with Crippen molar-refractivity contribution in [3.8, 4) is 11.5 Å². The number of hydrogen-bond donors (Lipinski definition) is 1. The Labute approximate surface area is 84.6 Å². The normalized spacial score (nSPS) is 9.77. The Morgan fingerprint density at radius 1 is 1.54 bits per heavy atom. The molecule has 0 aliphatic heterocycles. The smallest absolute Gasteiger partial charge is 0.179 e. The summed E-state index contributed by atoms with van der Waals surface area (Å²) in [5.41, 5.74) is 0. The minimum absolute atomic E-state index is 0.0247. The first-order valence-electron chi connectivity index (χ1n) is 3.71. The van der Waals surface area contributed by atoms with Gasteiger partial charge in [-0.3, -0.25) is 0 Å². The van der Waals surface area contributed by atoms with Crippen LogP contribution in [0.4, 0.5) is 0 Å². The minimum Gasteiger partial charge on any atom is -0.491 e. The van der Waals surface area contributed by atoms with Crippen molar-refractivity contribution in [3.63, 3.8) is 0 Å². The number of pyridine rings is 1. The van der Waals surface area contributed by atoms with Crippen LogP contribution in [0.1, 0.15) is 0 Å². The van der Waals surface area contributed by atoms with Gasteiger partial charge in [0.25, 0.3) is 0 Å². The van der Waals surface area contributed by atoms with E-state index in [2.05, 4.69) is 20.9 Å². The molecule has 0 saturated carbocycles. The van der Waals surface area contributed by atoms with E-state index < -0.39 is 0 Å². The third-order valence-corrected chi connectivity index (χ3v) is 1.80. The maximum Gasteiger partial charge on any atom is 0.179 e. The minimum atomic E-state index is -0.0247. The van der Waals surface area contributed by atoms with Crippen molar-refractivity contribution in [2.45, 2.75) is 0 Å². The number of methoxy groups -OCH3 is 1. The summed E-state index contributed by atoms with van der Waals surface area (Å²) >= 11 is 3.21. The maximum absolute atomic E-state index is 8.57. The molecule has 13 heavy (non-hydrogen) atoms. The third-order valence-electron chi connectivity index (χ3n) is 1.37. The lowest BCUT2D eigenvalue weighted by Crippen LogP contribution is -2.03. The second kappa shape index (κ2) is 5.04. The van der Waals surface area contributed by atoms with Gasteiger partial charge in [0, 0.05) is 6.07 Å². The SMILES string of the molecule is COc1cnc(Br)cc1OCCO. The van der Waals surface area contributed by atoms with E-state index >= 15 is 0 Å². The predicted molar refractivity (Wildman–Crippen MR) is 51.1 cm³/mol. The fraction of sp³-hybridized carbons (Fsp3) is 0.375. The van der Waals surface area contributed by atoms with Crippen molar-refractivity contribution in [1.82, 2.24) is 4.98 Å². The van der Waals surface area contributed by atoms with Crippen LogP contribution in [0.2, 0.25) is 0 Å². The third kappa shape index (κ3) is 2.86. The Balaban J connectivity index is 2.81. The van der Waals surface area contributed by atoms with Crippen LogP contribution in [-0.2, 0) is 0 Å². The molecule has 4 nitrogen and oxygen atoms in total. The van der Waals surface area contributed by atoms with E-state index in [0.29, 0.717) is 16.1 Å². The van der Waals surface area contributed by atoms with Gasteiger partial charge in [-0.15, -0.1) is 0 Å². The summed E-state index contributed by atoms with van der Waals surface area (Å²) in [5, 5.41) is 8.57. The number of aliphatic hydroxyl groups is 1. The highest BCUT2D eigenvalue weighted by molar-refractivity contribution is 9.10. The number of aliphatic hydroxyl groups excluding tert-OH is 1. The molecule has 72 valence electrons. The zero-order valence-electron chi connectivity index (χ0n) is 7.16. The van der Waals surface area contributed by atoms with Gasteiger partial charge in [0.15, 0.2) is 11.5 Å². The van der Waals surface area contributed by atoms with E-state index in [1.54, 1.807) is 12.3 Å². The second-order valence-electron chi connectivity index (χ2n) is 2.23. The van der Waals surface area contributed by atoms with Crippen LogP contribution in [0, 0.1) is 0 Å². The van der Waals surface area contributed by atoms with Crippen molar-refractivity contribution in [2.75, 3.05) is 20.3 Å². The molecule has 0 radical (unpaired) electrons. The van der Waals surface area contributed by atoms with Crippen molar-refractivity contribution >= 4 is 15.9 Å². The summed E-state index contributed by atoms with van der Waals surface area (Å²) in [6.45, 7) is 0.218. The average Bonchev–Trinajstić information content (AvgIpc) is 2.15. The van der Waals surface area contributed by atoms with Crippen LogP contribution in [0.25, 0.3) is 0 Å². The van der Waals surface area contributed by atoms with Gasteiger partial charge in [0.2, 0.25) is 0 Å². The number of halogens is 1. The highest BCUT2D eigenvalue weighted by atomic mass is 79.9. The highest BCUT2D eigenvalue weighted by Crippen LogP contribution is 2.27. The van der Waals surface area contributed by atoms with Gasteiger partial charge in [0.1, 0.15) is 11.2 Å². The topological polar surface area (TPSA) is 51.6 Å². The van der Waals surface area contributed by atoms with Crippen molar-refractivity contribution in [1.29, 1.82) is 0 Å². The van der Waals surface area contributed by atoms with E-state index in [0.717, 1.165) is 0 Å². The Bertz CT molecular complexity index is 280. The van der Waals surface area contributed by atoms with Crippen LogP contribution in [0.5, 0.6) is 11.5 Å². The summed E-state index contributed by atoms with van der Waals surface area (Å²) < 4.78 is 10.9. The Hall–Kier alpha value is -0.810. The molecule has 0 aliphatic rings. The van der Waals surface area contributed by atoms with Crippen LogP contribution >= 0.6 is 15.9 Å². The number of rotatable bonds is 4. The van der Waals surface area contributed by atoms with Crippen molar-refractivity contribution < 1.29 is 14.6 Å². The molecule has 0 unspecified atom stereocenters. The summed E-state index contributed by atoms with van der Waals surface area (Å²) in [4.78, 5) is 3.97. The summed E-state index contributed by atoms with van der Waals surface area (Å²) in [6.07, 6.45) is 1.55. The van der Waals surface area contributed by atoms with Gasteiger partial charge in [0.05, 0.1) is 19.9 Å².